The molecule has 0 spiro atoms. The average Bonchev–Trinajstić information content (AvgIpc) is 3.48. The molecule has 176 valence electrons. The first kappa shape index (κ1) is 22.5. The fraction of sp³-hybridized carbons (Fsp3) is 0.231. The van der Waals surface area contributed by atoms with Crippen molar-refractivity contribution in [3.05, 3.63) is 91.5 Å². The van der Waals surface area contributed by atoms with Crippen molar-refractivity contribution in [1.29, 1.82) is 0 Å². The van der Waals surface area contributed by atoms with Gasteiger partial charge in [0.15, 0.2) is 10.9 Å². The number of benzene rings is 2. The zero-order valence-electron chi connectivity index (χ0n) is 18.7. The maximum atomic E-state index is 13.8. The van der Waals surface area contributed by atoms with Gasteiger partial charge in [0.25, 0.3) is 5.56 Å². The van der Waals surface area contributed by atoms with E-state index < -0.39 is 0 Å². The summed E-state index contributed by atoms with van der Waals surface area (Å²) in [4.78, 5) is 28.7. The van der Waals surface area contributed by atoms with Crippen LogP contribution in [0.25, 0.3) is 16.0 Å². The van der Waals surface area contributed by atoms with E-state index in [4.69, 9.17) is 11.6 Å². The van der Waals surface area contributed by atoms with Crippen LogP contribution in [0.1, 0.15) is 39.2 Å². The quantitative estimate of drug-likeness (QED) is 0.213. The van der Waals surface area contributed by atoms with Crippen LogP contribution in [0.3, 0.4) is 0 Å². The topological polar surface area (TPSA) is 69.3 Å². The lowest BCUT2D eigenvalue weighted by atomic mass is 9.97. The van der Waals surface area contributed by atoms with Crippen molar-refractivity contribution < 1.29 is 4.79 Å². The first-order valence-electron chi connectivity index (χ1n) is 11.5. The van der Waals surface area contributed by atoms with Gasteiger partial charge in [-0.2, -0.15) is 0 Å². The Morgan fingerprint density at radius 1 is 1.03 bits per heavy atom. The van der Waals surface area contributed by atoms with E-state index >= 15 is 0 Å². The fourth-order valence-corrected chi connectivity index (χ4v) is 7.01. The second-order valence-corrected chi connectivity index (χ2v) is 11.1. The van der Waals surface area contributed by atoms with E-state index in [-0.39, 0.29) is 17.1 Å². The van der Waals surface area contributed by atoms with E-state index in [1.807, 2.05) is 34.7 Å². The summed E-state index contributed by atoms with van der Waals surface area (Å²) in [6, 6.07) is 16.8. The number of ketones is 1. The molecular formula is C26H21ClN4O2S2. The average molecular weight is 521 g/mol. The van der Waals surface area contributed by atoms with Gasteiger partial charge in [-0.25, -0.2) is 4.40 Å². The minimum absolute atomic E-state index is 0.0114. The van der Waals surface area contributed by atoms with Crippen LogP contribution >= 0.6 is 34.7 Å². The van der Waals surface area contributed by atoms with Crippen LogP contribution in [0.15, 0.2) is 64.5 Å². The van der Waals surface area contributed by atoms with Gasteiger partial charge in [0, 0.05) is 15.5 Å². The number of thiophene rings is 1. The molecule has 0 radical (unpaired) electrons. The Bertz CT molecular complexity index is 1620. The van der Waals surface area contributed by atoms with Crippen LogP contribution in [0.4, 0.5) is 0 Å². The number of Topliss-reactive ketones (excluding diaryl/α,β-unsaturated/α-hetero) is 1. The Labute approximate surface area is 214 Å². The molecule has 3 heterocycles. The summed E-state index contributed by atoms with van der Waals surface area (Å²) < 4.78 is 3.69. The number of thioether (sulfide) groups is 1. The van der Waals surface area contributed by atoms with Gasteiger partial charge in [-0.15, -0.1) is 21.5 Å². The van der Waals surface area contributed by atoms with Crippen molar-refractivity contribution >= 4 is 56.5 Å². The highest BCUT2D eigenvalue weighted by Crippen LogP contribution is 2.36. The van der Waals surface area contributed by atoms with E-state index in [1.54, 1.807) is 40.2 Å². The van der Waals surface area contributed by atoms with Gasteiger partial charge in [-0.05, 0) is 61.1 Å². The third-order valence-electron chi connectivity index (χ3n) is 6.35. The molecule has 0 aliphatic heterocycles. The van der Waals surface area contributed by atoms with Gasteiger partial charge < -0.3 is 0 Å². The molecule has 2 aromatic carbocycles. The summed E-state index contributed by atoms with van der Waals surface area (Å²) in [5.41, 5.74) is 2.78. The lowest BCUT2D eigenvalue weighted by molar-refractivity contribution is 0.102. The molecule has 0 saturated carbocycles. The first-order valence-corrected chi connectivity index (χ1v) is 13.7. The highest BCUT2D eigenvalue weighted by Gasteiger charge is 2.25. The second-order valence-electron chi connectivity index (χ2n) is 8.60. The van der Waals surface area contributed by atoms with Gasteiger partial charge in [0.2, 0.25) is 5.78 Å². The van der Waals surface area contributed by atoms with E-state index in [1.165, 1.54) is 22.2 Å². The van der Waals surface area contributed by atoms with Crippen LogP contribution in [-0.4, -0.2) is 30.7 Å². The Balaban J connectivity index is 1.47. The zero-order chi connectivity index (χ0) is 23.9. The molecule has 0 atom stereocenters. The van der Waals surface area contributed by atoms with Crippen molar-refractivity contribution in [2.45, 2.75) is 37.4 Å². The Kier molecular flexibility index (Phi) is 5.96. The summed E-state index contributed by atoms with van der Waals surface area (Å²) in [6.45, 7) is 0.413. The number of hydrogen-bond donors (Lipinski definition) is 0. The molecule has 0 bridgehead atoms. The van der Waals surface area contributed by atoms with E-state index in [2.05, 4.69) is 10.2 Å². The van der Waals surface area contributed by atoms with Crippen LogP contribution in [0, 0.1) is 0 Å². The van der Waals surface area contributed by atoms with Crippen LogP contribution in [-0.2, 0) is 19.4 Å². The Hall–Kier alpha value is -2.94. The molecule has 6 nitrogen and oxygen atoms in total. The summed E-state index contributed by atoms with van der Waals surface area (Å²) in [5, 5.41) is 10.8. The molecular weight excluding hydrogens is 500 g/mol. The molecule has 0 fully saturated rings. The van der Waals surface area contributed by atoms with E-state index in [0.29, 0.717) is 28.1 Å². The third-order valence-corrected chi connectivity index (χ3v) is 8.81. The minimum Gasteiger partial charge on any atom is -0.293 e. The molecule has 1 aliphatic carbocycles. The minimum atomic E-state index is -0.0167. The monoisotopic (exact) mass is 520 g/mol. The van der Waals surface area contributed by atoms with E-state index in [9.17, 15) is 9.59 Å². The van der Waals surface area contributed by atoms with Gasteiger partial charge >= 0.3 is 0 Å². The van der Waals surface area contributed by atoms with Crippen molar-refractivity contribution in [2.24, 2.45) is 0 Å². The van der Waals surface area contributed by atoms with Crippen LogP contribution in [0.2, 0.25) is 5.02 Å². The molecule has 6 rings (SSSR count). The molecule has 0 amide bonds. The third kappa shape index (κ3) is 4.09. The standard InChI is InChI=1S/C26H21ClN4O2S2/c27-18-12-10-17(11-13-18)20(32)15-34-26-29-28-25-30(14-16-6-2-1-3-7-16)23(33)22-19-8-4-5-9-21(19)35-24(22)31(25)26/h1-3,6-7,10-13H,4-5,8-9,14-15H2. The molecule has 3 aromatic heterocycles. The molecule has 9 heteroatoms. The van der Waals surface area contributed by atoms with Crippen molar-refractivity contribution in [3.8, 4) is 0 Å². The maximum Gasteiger partial charge on any atom is 0.264 e. The summed E-state index contributed by atoms with van der Waals surface area (Å²) in [7, 11) is 0. The molecule has 35 heavy (non-hydrogen) atoms. The van der Waals surface area contributed by atoms with Gasteiger partial charge in [-0.3, -0.25) is 14.2 Å². The van der Waals surface area contributed by atoms with Crippen LogP contribution in [0.5, 0.6) is 0 Å². The molecule has 1 aliphatic rings. The number of aromatic nitrogens is 4. The molecule has 5 aromatic rings. The zero-order valence-corrected chi connectivity index (χ0v) is 21.1. The molecule has 0 N–H and O–H groups in total. The highest BCUT2D eigenvalue weighted by molar-refractivity contribution is 7.99. The van der Waals surface area contributed by atoms with Gasteiger partial charge in [0.1, 0.15) is 4.83 Å². The second kappa shape index (κ2) is 9.26. The summed E-state index contributed by atoms with van der Waals surface area (Å²) in [5.74, 6) is 0.710. The normalized spacial score (nSPS) is 13.4. The first-order chi connectivity index (χ1) is 17.1. The number of nitrogens with zero attached hydrogens (tertiary/aromatic N) is 4. The van der Waals surface area contributed by atoms with Crippen molar-refractivity contribution in [1.82, 2.24) is 19.2 Å². The summed E-state index contributed by atoms with van der Waals surface area (Å²) in [6.07, 6.45) is 4.14. The van der Waals surface area contributed by atoms with Gasteiger partial charge in [0.05, 0.1) is 17.7 Å². The largest absolute Gasteiger partial charge is 0.293 e. The number of carbonyl (C=O) groups is 1. The number of halogens is 1. The SMILES string of the molecule is O=C(CSc1nnc2n(Cc3ccccc3)c(=O)c3c4c(sc3n12)CCCC4)c1ccc(Cl)cc1. The lowest BCUT2D eigenvalue weighted by Gasteiger charge is -2.12. The number of carbonyl (C=O) groups excluding carboxylic acids is 1. The molecule has 0 saturated heterocycles. The number of fused-ring (bicyclic) bond motifs is 5. The lowest BCUT2D eigenvalue weighted by Crippen LogP contribution is -2.24. The maximum absolute atomic E-state index is 13.8. The number of rotatable bonds is 6. The highest BCUT2D eigenvalue weighted by atomic mass is 35.5. The molecule has 0 unspecified atom stereocenters. The van der Waals surface area contributed by atoms with Crippen molar-refractivity contribution in [3.63, 3.8) is 0 Å². The fourth-order valence-electron chi connectivity index (χ4n) is 4.62. The van der Waals surface area contributed by atoms with Gasteiger partial charge in [-0.1, -0.05) is 53.7 Å². The summed E-state index contributed by atoms with van der Waals surface area (Å²) >= 11 is 8.97. The van der Waals surface area contributed by atoms with Crippen LogP contribution < -0.4 is 5.56 Å². The number of aryl methyl sites for hydroxylation is 2. The van der Waals surface area contributed by atoms with E-state index in [0.717, 1.165) is 41.5 Å². The predicted molar refractivity (Wildman–Crippen MR) is 141 cm³/mol. The Morgan fingerprint density at radius 3 is 2.60 bits per heavy atom. The van der Waals surface area contributed by atoms with Crippen molar-refractivity contribution in [2.75, 3.05) is 5.75 Å². The number of hydrogen-bond acceptors (Lipinski definition) is 6. The smallest absolute Gasteiger partial charge is 0.264 e. The Morgan fingerprint density at radius 2 is 1.80 bits per heavy atom. The predicted octanol–water partition coefficient (Wildman–Crippen LogP) is 5.66.